The summed E-state index contributed by atoms with van der Waals surface area (Å²) in [4.78, 5) is 34.6. The molecule has 0 aromatic heterocycles. The third-order valence-corrected chi connectivity index (χ3v) is 4.44. The molecule has 1 atom stereocenters. The van der Waals surface area contributed by atoms with E-state index in [4.69, 9.17) is 16.2 Å². The molecule has 0 spiro atoms. The first-order valence-electron chi connectivity index (χ1n) is 9.96. The first kappa shape index (κ1) is 23.7. The van der Waals surface area contributed by atoms with E-state index in [9.17, 15) is 19.5 Å². The molecule has 0 unspecified atom stereocenters. The maximum absolute atomic E-state index is 12.1. The van der Waals surface area contributed by atoms with E-state index >= 15 is 0 Å². The Morgan fingerprint density at radius 1 is 1.03 bits per heavy atom. The van der Waals surface area contributed by atoms with Gasteiger partial charge in [0.1, 0.15) is 11.5 Å². The number of unbranched alkanes of at least 4 members (excludes halogenated alkanes) is 1. The van der Waals surface area contributed by atoms with E-state index in [1.807, 2.05) is 5.32 Å². The van der Waals surface area contributed by atoms with Crippen molar-refractivity contribution in [3.8, 4) is 11.5 Å². The van der Waals surface area contributed by atoms with Crippen molar-refractivity contribution in [3.05, 3.63) is 59.7 Å². The zero-order valence-electron chi connectivity index (χ0n) is 17.2. The number of hydrogen-bond acceptors (Lipinski definition) is 6. The molecule has 2 aromatic carbocycles. The third kappa shape index (κ3) is 8.75. The quantitative estimate of drug-likeness (QED) is 0.336. The van der Waals surface area contributed by atoms with Gasteiger partial charge in [0, 0.05) is 12.1 Å². The number of phenolic OH excluding ortho intramolecular Hbond substituents is 1. The van der Waals surface area contributed by atoms with Gasteiger partial charge in [0.25, 0.3) is 0 Å². The van der Waals surface area contributed by atoms with E-state index in [1.165, 1.54) is 0 Å². The van der Waals surface area contributed by atoms with Crippen molar-refractivity contribution in [2.75, 3.05) is 13.2 Å². The fraction of sp³-hybridized carbons (Fsp3) is 0.318. The Bertz CT molecular complexity index is 886. The Kier molecular flexibility index (Phi) is 9.31. The van der Waals surface area contributed by atoms with Gasteiger partial charge in [0.2, 0.25) is 11.8 Å². The summed E-state index contributed by atoms with van der Waals surface area (Å²) in [5, 5.41) is 14.1. The van der Waals surface area contributed by atoms with E-state index in [0.29, 0.717) is 43.7 Å². The monoisotopic (exact) mass is 428 g/mol. The molecular weight excluding hydrogens is 400 g/mol. The SMILES string of the molecule is NC(=O)NC(=O)Cc1ccccc1OCCCCNC(=O)[C@@H](N)Cc1ccc(O)cc1. The highest BCUT2D eigenvalue weighted by Gasteiger charge is 2.14. The fourth-order valence-electron chi connectivity index (χ4n) is 2.88. The minimum Gasteiger partial charge on any atom is -0.508 e. The Labute approximate surface area is 180 Å². The lowest BCUT2D eigenvalue weighted by molar-refractivity contribution is -0.122. The van der Waals surface area contributed by atoms with Crippen molar-refractivity contribution in [2.24, 2.45) is 11.5 Å². The standard InChI is InChI=1S/C22H28N4O5/c23-18(13-15-7-9-17(27)10-8-15)21(29)25-11-3-4-12-31-19-6-2-1-5-16(19)14-20(28)26-22(24)30/h1-2,5-10,18,27H,3-4,11-14,23H2,(H,25,29)(H3,24,26,28,30)/t18-/m0/s1. The van der Waals surface area contributed by atoms with Crippen LogP contribution in [0.3, 0.4) is 0 Å². The predicted octanol–water partition coefficient (Wildman–Crippen LogP) is 0.975. The number of para-hydroxylation sites is 1. The molecule has 7 N–H and O–H groups in total. The molecule has 0 aliphatic heterocycles. The van der Waals surface area contributed by atoms with Crippen molar-refractivity contribution in [2.45, 2.75) is 31.7 Å². The number of imide groups is 1. The maximum Gasteiger partial charge on any atom is 0.318 e. The molecule has 4 amide bonds. The summed E-state index contributed by atoms with van der Waals surface area (Å²) in [5.74, 6) is -0.0164. The van der Waals surface area contributed by atoms with Crippen LogP contribution in [0.2, 0.25) is 0 Å². The number of aromatic hydroxyl groups is 1. The van der Waals surface area contributed by atoms with Crippen LogP contribution in [0.25, 0.3) is 0 Å². The number of phenols is 1. The molecule has 2 rings (SSSR count). The van der Waals surface area contributed by atoms with E-state index in [0.717, 1.165) is 5.56 Å². The fourth-order valence-corrected chi connectivity index (χ4v) is 2.88. The molecule has 31 heavy (non-hydrogen) atoms. The molecular formula is C22H28N4O5. The number of urea groups is 1. The van der Waals surface area contributed by atoms with Gasteiger partial charge in [-0.3, -0.25) is 14.9 Å². The van der Waals surface area contributed by atoms with Gasteiger partial charge < -0.3 is 26.6 Å². The van der Waals surface area contributed by atoms with Crippen LogP contribution >= 0.6 is 0 Å². The number of benzene rings is 2. The zero-order valence-corrected chi connectivity index (χ0v) is 17.2. The molecule has 0 radical (unpaired) electrons. The van der Waals surface area contributed by atoms with Crippen molar-refractivity contribution in [3.63, 3.8) is 0 Å². The lowest BCUT2D eigenvalue weighted by Gasteiger charge is -2.13. The minimum atomic E-state index is -0.895. The number of carbonyl (C=O) groups is 3. The highest BCUT2D eigenvalue weighted by Crippen LogP contribution is 2.19. The third-order valence-electron chi connectivity index (χ3n) is 4.44. The number of hydrogen-bond donors (Lipinski definition) is 5. The second-order valence-electron chi connectivity index (χ2n) is 7.02. The number of ether oxygens (including phenoxy) is 1. The van der Waals surface area contributed by atoms with Gasteiger partial charge in [0.05, 0.1) is 19.1 Å². The van der Waals surface area contributed by atoms with E-state index < -0.39 is 18.0 Å². The lowest BCUT2D eigenvalue weighted by atomic mass is 10.1. The molecule has 166 valence electrons. The summed E-state index contributed by atoms with van der Waals surface area (Å²) >= 11 is 0. The maximum atomic E-state index is 12.1. The molecule has 0 bridgehead atoms. The normalized spacial score (nSPS) is 11.4. The molecule has 9 heteroatoms. The second kappa shape index (κ2) is 12.2. The topological polar surface area (TPSA) is 157 Å². The van der Waals surface area contributed by atoms with Crippen molar-refractivity contribution < 1.29 is 24.2 Å². The van der Waals surface area contributed by atoms with Gasteiger partial charge in [-0.1, -0.05) is 30.3 Å². The van der Waals surface area contributed by atoms with Crippen LogP contribution in [-0.2, 0) is 22.4 Å². The highest BCUT2D eigenvalue weighted by molar-refractivity contribution is 5.94. The van der Waals surface area contributed by atoms with E-state index in [-0.39, 0.29) is 18.1 Å². The Hall–Kier alpha value is -3.59. The molecule has 0 saturated heterocycles. The number of rotatable bonds is 11. The number of nitrogens with two attached hydrogens (primary N) is 2. The summed E-state index contributed by atoms with van der Waals surface area (Å²) < 4.78 is 5.73. The van der Waals surface area contributed by atoms with Crippen molar-refractivity contribution in [1.29, 1.82) is 0 Å². The van der Waals surface area contributed by atoms with Crippen LogP contribution in [0.4, 0.5) is 4.79 Å². The number of nitrogens with one attached hydrogen (secondary N) is 2. The molecule has 9 nitrogen and oxygen atoms in total. The molecule has 0 aliphatic carbocycles. The number of primary amides is 1. The first-order valence-corrected chi connectivity index (χ1v) is 9.96. The summed E-state index contributed by atoms with van der Waals surface area (Å²) in [5.41, 5.74) is 12.4. The largest absolute Gasteiger partial charge is 0.508 e. The van der Waals surface area contributed by atoms with Gasteiger partial charge in [-0.25, -0.2) is 4.79 Å². The zero-order chi connectivity index (χ0) is 22.6. The molecule has 0 fully saturated rings. The average Bonchev–Trinajstić information content (AvgIpc) is 2.72. The van der Waals surface area contributed by atoms with Crippen LogP contribution < -0.4 is 26.8 Å². The number of carbonyl (C=O) groups excluding carboxylic acids is 3. The molecule has 0 heterocycles. The average molecular weight is 428 g/mol. The molecule has 0 saturated carbocycles. The van der Waals surface area contributed by atoms with Gasteiger partial charge in [-0.2, -0.15) is 0 Å². The van der Waals surface area contributed by atoms with Gasteiger partial charge in [0.15, 0.2) is 0 Å². The lowest BCUT2D eigenvalue weighted by Crippen LogP contribution is -2.42. The van der Waals surface area contributed by atoms with Gasteiger partial charge >= 0.3 is 6.03 Å². The van der Waals surface area contributed by atoms with E-state index in [2.05, 4.69) is 5.32 Å². The summed E-state index contributed by atoms with van der Waals surface area (Å²) in [6.07, 6.45) is 1.75. The Morgan fingerprint density at radius 3 is 2.45 bits per heavy atom. The van der Waals surface area contributed by atoms with Crippen LogP contribution in [-0.4, -0.2) is 42.1 Å². The van der Waals surface area contributed by atoms with Crippen molar-refractivity contribution >= 4 is 17.8 Å². The minimum absolute atomic E-state index is 0.0198. The van der Waals surface area contributed by atoms with Gasteiger partial charge in [-0.05, 0) is 43.0 Å². The summed E-state index contributed by atoms with van der Waals surface area (Å²) in [6, 6.07) is 12.1. The summed E-state index contributed by atoms with van der Waals surface area (Å²) in [7, 11) is 0. The van der Waals surface area contributed by atoms with Crippen LogP contribution in [0.1, 0.15) is 24.0 Å². The van der Waals surface area contributed by atoms with Crippen LogP contribution in [0, 0.1) is 0 Å². The van der Waals surface area contributed by atoms with Crippen LogP contribution in [0.5, 0.6) is 11.5 Å². The molecule has 2 aromatic rings. The summed E-state index contributed by atoms with van der Waals surface area (Å²) in [6.45, 7) is 0.873. The van der Waals surface area contributed by atoms with Gasteiger partial charge in [-0.15, -0.1) is 0 Å². The van der Waals surface area contributed by atoms with E-state index in [1.54, 1.807) is 48.5 Å². The molecule has 0 aliphatic rings. The second-order valence-corrected chi connectivity index (χ2v) is 7.02. The predicted molar refractivity (Wildman–Crippen MR) is 115 cm³/mol. The smallest absolute Gasteiger partial charge is 0.318 e. The first-order chi connectivity index (χ1) is 14.8. The Balaban J connectivity index is 1.67. The van der Waals surface area contributed by atoms with Crippen molar-refractivity contribution in [1.82, 2.24) is 10.6 Å². The van der Waals surface area contributed by atoms with Crippen LogP contribution in [0.15, 0.2) is 48.5 Å². The highest BCUT2D eigenvalue weighted by atomic mass is 16.5. The number of amides is 4. The Morgan fingerprint density at radius 2 is 1.74 bits per heavy atom.